The number of hydrogen-bond donors (Lipinski definition) is 0. The Kier molecular flexibility index (Phi) is 3.17. The maximum Gasteiger partial charge on any atom is 0.200 e. The number of anilines is 1. The standard InChI is InChI=1S/C15H19N9/c1-2-6-12-16-18-15(23(12)9-3-1)11-5-4-10-22(11)14-8-7-13-17-20-21-24(13)19-14/h7-8,11H,1-6,9-10H2/t11-/m0/s1. The van der Waals surface area contributed by atoms with Crippen molar-refractivity contribution in [1.82, 2.24) is 40.0 Å². The van der Waals surface area contributed by atoms with E-state index in [4.69, 9.17) is 0 Å². The van der Waals surface area contributed by atoms with E-state index < -0.39 is 0 Å². The first-order valence-corrected chi connectivity index (χ1v) is 8.64. The zero-order valence-corrected chi connectivity index (χ0v) is 13.4. The first kappa shape index (κ1) is 13.8. The molecule has 9 heteroatoms. The van der Waals surface area contributed by atoms with Crippen molar-refractivity contribution >= 4 is 11.5 Å². The van der Waals surface area contributed by atoms with Gasteiger partial charge in [-0.2, -0.15) is 0 Å². The van der Waals surface area contributed by atoms with Gasteiger partial charge in [0.15, 0.2) is 17.3 Å². The second-order valence-corrected chi connectivity index (χ2v) is 6.51. The summed E-state index contributed by atoms with van der Waals surface area (Å²) in [4.78, 5) is 2.31. The second-order valence-electron chi connectivity index (χ2n) is 6.51. The van der Waals surface area contributed by atoms with Crippen LogP contribution in [0.5, 0.6) is 0 Å². The first-order valence-electron chi connectivity index (χ1n) is 8.64. The van der Waals surface area contributed by atoms with Crippen LogP contribution in [0.2, 0.25) is 0 Å². The summed E-state index contributed by atoms with van der Waals surface area (Å²) in [6.07, 6.45) is 6.93. The molecule has 0 unspecified atom stereocenters. The van der Waals surface area contributed by atoms with Crippen molar-refractivity contribution in [3.63, 3.8) is 0 Å². The largest absolute Gasteiger partial charge is 0.345 e. The molecular formula is C15H19N9. The van der Waals surface area contributed by atoms with Crippen LogP contribution in [-0.4, -0.2) is 46.6 Å². The van der Waals surface area contributed by atoms with Crippen molar-refractivity contribution in [3.8, 4) is 0 Å². The molecule has 0 aliphatic carbocycles. The Morgan fingerprint density at radius 2 is 1.96 bits per heavy atom. The van der Waals surface area contributed by atoms with Crippen molar-refractivity contribution in [2.24, 2.45) is 0 Å². The van der Waals surface area contributed by atoms with Gasteiger partial charge in [0.25, 0.3) is 0 Å². The molecule has 0 radical (unpaired) electrons. The Labute approximate surface area is 138 Å². The van der Waals surface area contributed by atoms with E-state index in [1.807, 2.05) is 12.1 Å². The third-order valence-corrected chi connectivity index (χ3v) is 5.04. The molecule has 3 aromatic rings. The summed E-state index contributed by atoms with van der Waals surface area (Å²) in [7, 11) is 0. The van der Waals surface area contributed by atoms with E-state index in [0.29, 0.717) is 5.65 Å². The van der Waals surface area contributed by atoms with Gasteiger partial charge in [-0.05, 0) is 48.2 Å². The number of nitrogens with zero attached hydrogens (tertiary/aromatic N) is 9. The van der Waals surface area contributed by atoms with E-state index in [0.717, 1.165) is 49.8 Å². The molecule has 124 valence electrons. The molecule has 24 heavy (non-hydrogen) atoms. The number of hydrogen-bond acceptors (Lipinski definition) is 7. The third kappa shape index (κ3) is 2.15. The Bertz CT molecular complexity index is 867. The highest BCUT2D eigenvalue weighted by molar-refractivity contribution is 5.46. The molecular weight excluding hydrogens is 306 g/mol. The van der Waals surface area contributed by atoms with Gasteiger partial charge in [0, 0.05) is 19.5 Å². The topological polar surface area (TPSA) is 89.9 Å². The van der Waals surface area contributed by atoms with Gasteiger partial charge < -0.3 is 9.47 Å². The summed E-state index contributed by atoms with van der Waals surface area (Å²) in [6.45, 7) is 1.99. The number of tetrazole rings is 1. The molecule has 3 aromatic heterocycles. The molecule has 0 N–H and O–H groups in total. The fourth-order valence-corrected chi connectivity index (χ4v) is 3.86. The molecule has 2 aliphatic rings. The van der Waals surface area contributed by atoms with Crippen LogP contribution < -0.4 is 4.90 Å². The predicted molar refractivity (Wildman–Crippen MR) is 85.5 cm³/mol. The second kappa shape index (κ2) is 5.50. The average Bonchev–Trinajstić information content (AvgIpc) is 3.30. The normalized spacial score (nSPS) is 21.2. The molecule has 0 amide bonds. The summed E-state index contributed by atoms with van der Waals surface area (Å²) in [5, 5.41) is 25.0. The molecule has 1 atom stereocenters. The van der Waals surface area contributed by atoms with Gasteiger partial charge in [-0.25, -0.2) is 0 Å². The average molecular weight is 325 g/mol. The Morgan fingerprint density at radius 1 is 0.958 bits per heavy atom. The van der Waals surface area contributed by atoms with Gasteiger partial charge in [-0.15, -0.1) is 25.0 Å². The van der Waals surface area contributed by atoms with Crippen LogP contribution in [0.25, 0.3) is 5.65 Å². The minimum atomic E-state index is 0.228. The molecule has 0 aromatic carbocycles. The van der Waals surface area contributed by atoms with Crippen molar-refractivity contribution in [2.45, 2.75) is 51.1 Å². The van der Waals surface area contributed by atoms with E-state index in [-0.39, 0.29) is 6.04 Å². The highest BCUT2D eigenvalue weighted by Gasteiger charge is 2.32. The van der Waals surface area contributed by atoms with E-state index in [9.17, 15) is 0 Å². The van der Waals surface area contributed by atoms with Crippen LogP contribution in [0.1, 0.15) is 49.8 Å². The number of aryl methyl sites for hydroxylation is 1. The fourth-order valence-electron chi connectivity index (χ4n) is 3.86. The van der Waals surface area contributed by atoms with Gasteiger partial charge in [0.1, 0.15) is 5.82 Å². The minimum Gasteiger partial charge on any atom is -0.345 e. The van der Waals surface area contributed by atoms with E-state index >= 15 is 0 Å². The van der Waals surface area contributed by atoms with Crippen molar-refractivity contribution in [3.05, 3.63) is 23.8 Å². The molecule has 2 aliphatic heterocycles. The maximum absolute atomic E-state index is 4.56. The van der Waals surface area contributed by atoms with E-state index in [1.54, 1.807) is 0 Å². The van der Waals surface area contributed by atoms with Crippen LogP contribution in [0.4, 0.5) is 5.82 Å². The molecule has 1 fully saturated rings. The monoisotopic (exact) mass is 325 g/mol. The van der Waals surface area contributed by atoms with Crippen molar-refractivity contribution in [1.29, 1.82) is 0 Å². The summed E-state index contributed by atoms with van der Waals surface area (Å²) in [5.74, 6) is 3.12. The minimum absolute atomic E-state index is 0.228. The number of rotatable bonds is 2. The van der Waals surface area contributed by atoms with Crippen LogP contribution in [0, 0.1) is 0 Å². The SMILES string of the molecule is c1cc2nnnn2nc1N1CCC[C@H]1c1nnc2n1CCCCC2. The van der Waals surface area contributed by atoms with Gasteiger partial charge in [0.05, 0.1) is 6.04 Å². The fraction of sp³-hybridized carbons (Fsp3) is 0.600. The maximum atomic E-state index is 4.56. The lowest BCUT2D eigenvalue weighted by molar-refractivity contribution is 0.555. The summed E-state index contributed by atoms with van der Waals surface area (Å²) >= 11 is 0. The molecule has 5 heterocycles. The Balaban J connectivity index is 1.52. The van der Waals surface area contributed by atoms with Gasteiger partial charge >= 0.3 is 0 Å². The number of fused-ring (bicyclic) bond motifs is 2. The zero-order chi connectivity index (χ0) is 15.9. The van der Waals surface area contributed by atoms with E-state index in [2.05, 4.69) is 40.3 Å². The molecule has 9 nitrogen and oxygen atoms in total. The number of aromatic nitrogens is 8. The summed E-state index contributed by atoms with van der Waals surface area (Å²) in [6, 6.07) is 4.12. The van der Waals surface area contributed by atoms with E-state index in [1.165, 1.54) is 23.9 Å². The van der Waals surface area contributed by atoms with Gasteiger partial charge in [-0.1, -0.05) is 6.42 Å². The first-order chi connectivity index (χ1) is 11.9. The lowest BCUT2D eigenvalue weighted by atomic mass is 10.2. The summed E-state index contributed by atoms with van der Waals surface area (Å²) < 4.78 is 3.82. The van der Waals surface area contributed by atoms with Gasteiger partial charge in [0.2, 0.25) is 0 Å². The molecule has 5 rings (SSSR count). The molecule has 0 bridgehead atoms. The van der Waals surface area contributed by atoms with Crippen molar-refractivity contribution in [2.75, 3.05) is 11.4 Å². The third-order valence-electron chi connectivity index (χ3n) is 5.04. The zero-order valence-electron chi connectivity index (χ0n) is 13.4. The lowest BCUT2D eigenvalue weighted by Gasteiger charge is -2.25. The lowest BCUT2D eigenvalue weighted by Crippen LogP contribution is -2.27. The quantitative estimate of drug-likeness (QED) is 0.699. The molecule has 0 spiro atoms. The molecule has 1 saturated heterocycles. The highest BCUT2D eigenvalue weighted by atomic mass is 15.6. The van der Waals surface area contributed by atoms with Crippen molar-refractivity contribution < 1.29 is 0 Å². The van der Waals surface area contributed by atoms with Crippen LogP contribution >= 0.6 is 0 Å². The predicted octanol–water partition coefficient (Wildman–Crippen LogP) is 1.18. The van der Waals surface area contributed by atoms with Crippen LogP contribution in [0.15, 0.2) is 12.1 Å². The van der Waals surface area contributed by atoms with Gasteiger partial charge in [-0.3, -0.25) is 0 Å². The highest BCUT2D eigenvalue weighted by Crippen LogP contribution is 2.35. The Hall–Kier alpha value is -2.58. The summed E-state index contributed by atoms with van der Waals surface area (Å²) in [5.41, 5.74) is 0.658. The smallest absolute Gasteiger partial charge is 0.200 e. The van der Waals surface area contributed by atoms with Crippen LogP contribution in [0.3, 0.4) is 0 Å². The van der Waals surface area contributed by atoms with Crippen LogP contribution in [-0.2, 0) is 13.0 Å². The Morgan fingerprint density at radius 3 is 2.96 bits per heavy atom. The molecule has 0 saturated carbocycles.